The van der Waals surface area contributed by atoms with Crippen molar-refractivity contribution < 1.29 is 9.59 Å². The van der Waals surface area contributed by atoms with Gasteiger partial charge in [0.15, 0.2) is 0 Å². The van der Waals surface area contributed by atoms with E-state index in [1.807, 2.05) is 39.8 Å². The van der Waals surface area contributed by atoms with E-state index in [0.717, 1.165) is 17.7 Å². The van der Waals surface area contributed by atoms with Crippen LogP contribution >= 0.6 is 0 Å². The number of rotatable bonds is 5. The molecule has 0 heterocycles. The number of carbonyl (C=O) groups is 2. The summed E-state index contributed by atoms with van der Waals surface area (Å²) in [5, 5.41) is 5.71. The maximum Gasteiger partial charge on any atom is 0.229 e. The molecule has 4 N–H and O–H groups in total. The molecule has 0 unspecified atom stereocenters. The minimum atomic E-state index is -0.466. The van der Waals surface area contributed by atoms with Crippen molar-refractivity contribution in [2.75, 3.05) is 17.2 Å². The Morgan fingerprint density at radius 3 is 2.38 bits per heavy atom. The fourth-order valence-corrected chi connectivity index (χ4v) is 1.74. The molecule has 0 aliphatic rings. The summed E-state index contributed by atoms with van der Waals surface area (Å²) in [5.41, 5.74) is 7.34. The maximum absolute atomic E-state index is 12.0. The standard InChI is InChI=1S/C16H25N3O2/c1-5-11-6-7-12(18-15(21)16(2,3)4)10-13(11)19-14(20)8-9-17/h6-7,10H,5,8-9,17H2,1-4H3,(H,18,21)(H,19,20). The van der Waals surface area contributed by atoms with Crippen molar-refractivity contribution >= 4 is 23.2 Å². The molecule has 0 bridgehead atoms. The van der Waals surface area contributed by atoms with Crippen LogP contribution in [-0.2, 0) is 16.0 Å². The van der Waals surface area contributed by atoms with Crippen LogP contribution in [0.15, 0.2) is 18.2 Å². The fraction of sp³-hybridized carbons (Fsp3) is 0.500. The Kier molecular flexibility index (Phi) is 5.90. The van der Waals surface area contributed by atoms with Crippen LogP contribution in [0.4, 0.5) is 11.4 Å². The Labute approximate surface area is 126 Å². The number of nitrogens with two attached hydrogens (primary N) is 1. The molecule has 1 aromatic rings. The number of carbonyl (C=O) groups excluding carboxylic acids is 2. The van der Waals surface area contributed by atoms with Crippen molar-refractivity contribution in [1.82, 2.24) is 0 Å². The van der Waals surface area contributed by atoms with Crippen molar-refractivity contribution in [2.45, 2.75) is 40.5 Å². The van der Waals surface area contributed by atoms with Crippen LogP contribution in [0, 0.1) is 5.41 Å². The fourth-order valence-electron chi connectivity index (χ4n) is 1.74. The van der Waals surface area contributed by atoms with Gasteiger partial charge in [0.1, 0.15) is 0 Å². The quantitative estimate of drug-likeness (QED) is 0.779. The van der Waals surface area contributed by atoms with Gasteiger partial charge >= 0.3 is 0 Å². The van der Waals surface area contributed by atoms with Crippen molar-refractivity contribution in [2.24, 2.45) is 11.1 Å². The first-order chi connectivity index (χ1) is 9.77. The zero-order valence-electron chi connectivity index (χ0n) is 13.2. The summed E-state index contributed by atoms with van der Waals surface area (Å²) in [7, 11) is 0. The summed E-state index contributed by atoms with van der Waals surface area (Å²) in [6, 6.07) is 5.55. The van der Waals surface area contributed by atoms with Crippen LogP contribution in [0.25, 0.3) is 0 Å². The highest BCUT2D eigenvalue weighted by molar-refractivity contribution is 5.96. The van der Waals surface area contributed by atoms with Gasteiger partial charge < -0.3 is 16.4 Å². The first-order valence-electron chi connectivity index (χ1n) is 7.22. The molecule has 0 fully saturated rings. The summed E-state index contributed by atoms with van der Waals surface area (Å²) >= 11 is 0. The van der Waals surface area contributed by atoms with Crippen molar-refractivity contribution in [3.05, 3.63) is 23.8 Å². The number of aryl methyl sites for hydroxylation is 1. The third-order valence-electron chi connectivity index (χ3n) is 3.08. The molecule has 21 heavy (non-hydrogen) atoms. The molecule has 0 aliphatic heterocycles. The molecule has 1 aromatic carbocycles. The van der Waals surface area contributed by atoms with Crippen LogP contribution in [-0.4, -0.2) is 18.4 Å². The predicted molar refractivity (Wildman–Crippen MR) is 86.2 cm³/mol. The van der Waals surface area contributed by atoms with Gasteiger partial charge in [-0.05, 0) is 24.1 Å². The van der Waals surface area contributed by atoms with Gasteiger partial charge in [0.05, 0.1) is 0 Å². The highest BCUT2D eigenvalue weighted by atomic mass is 16.2. The highest BCUT2D eigenvalue weighted by Crippen LogP contribution is 2.24. The van der Waals surface area contributed by atoms with E-state index >= 15 is 0 Å². The van der Waals surface area contributed by atoms with E-state index in [0.29, 0.717) is 12.2 Å². The number of nitrogens with one attached hydrogen (secondary N) is 2. The molecule has 0 radical (unpaired) electrons. The molecule has 5 heteroatoms. The third kappa shape index (κ3) is 5.19. The van der Waals surface area contributed by atoms with Crippen LogP contribution in [0.3, 0.4) is 0 Å². The Morgan fingerprint density at radius 2 is 1.86 bits per heavy atom. The maximum atomic E-state index is 12.0. The lowest BCUT2D eigenvalue weighted by molar-refractivity contribution is -0.123. The number of benzene rings is 1. The molecule has 0 aromatic heterocycles. The molecule has 0 aliphatic carbocycles. The number of hydrogen-bond donors (Lipinski definition) is 3. The normalized spacial score (nSPS) is 11.1. The molecule has 116 valence electrons. The zero-order chi connectivity index (χ0) is 16.0. The van der Waals surface area contributed by atoms with E-state index in [4.69, 9.17) is 5.73 Å². The SMILES string of the molecule is CCc1ccc(NC(=O)C(C)(C)C)cc1NC(=O)CCN. The van der Waals surface area contributed by atoms with Gasteiger partial charge in [0.2, 0.25) is 11.8 Å². The molecule has 0 saturated carbocycles. The first-order valence-corrected chi connectivity index (χ1v) is 7.22. The lowest BCUT2D eigenvalue weighted by Crippen LogP contribution is -2.27. The van der Waals surface area contributed by atoms with Gasteiger partial charge in [-0.1, -0.05) is 33.8 Å². The summed E-state index contributed by atoms with van der Waals surface area (Å²) in [4.78, 5) is 23.7. The zero-order valence-corrected chi connectivity index (χ0v) is 13.2. The van der Waals surface area contributed by atoms with Crippen LogP contribution < -0.4 is 16.4 Å². The minimum absolute atomic E-state index is 0.0639. The molecule has 2 amide bonds. The Balaban J connectivity index is 2.94. The van der Waals surface area contributed by atoms with Crippen LogP contribution in [0.5, 0.6) is 0 Å². The van der Waals surface area contributed by atoms with Crippen molar-refractivity contribution in [3.63, 3.8) is 0 Å². The second kappa shape index (κ2) is 7.22. The lowest BCUT2D eigenvalue weighted by atomic mass is 9.95. The molecule has 0 spiro atoms. The number of amides is 2. The highest BCUT2D eigenvalue weighted by Gasteiger charge is 2.21. The third-order valence-corrected chi connectivity index (χ3v) is 3.08. The van der Waals surface area contributed by atoms with E-state index in [2.05, 4.69) is 10.6 Å². The van der Waals surface area contributed by atoms with E-state index in [1.54, 1.807) is 6.07 Å². The van der Waals surface area contributed by atoms with E-state index in [1.165, 1.54) is 0 Å². The van der Waals surface area contributed by atoms with Crippen LogP contribution in [0.2, 0.25) is 0 Å². The van der Waals surface area contributed by atoms with Gasteiger partial charge in [-0.15, -0.1) is 0 Å². The molecule has 1 rings (SSSR count). The second-order valence-electron chi connectivity index (χ2n) is 6.02. The molecular formula is C16H25N3O2. The Morgan fingerprint density at radius 1 is 1.19 bits per heavy atom. The van der Waals surface area contributed by atoms with Gasteiger partial charge in [0, 0.05) is 29.8 Å². The Bertz CT molecular complexity index is 519. The summed E-state index contributed by atoms with van der Waals surface area (Å²) < 4.78 is 0. The summed E-state index contributed by atoms with van der Waals surface area (Å²) in [6.45, 7) is 7.89. The van der Waals surface area contributed by atoms with Gasteiger partial charge in [-0.2, -0.15) is 0 Å². The van der Waals surface area contributed by atoms with E-state index in [-0.39, 0.29) is 18.2 Å². The van der Waals surface area contributed by atoms with Gasteiger partial charge in [-0.25, -0.2) is 0 Å². The number of hydrogen-bond acceptors (Lipinski definition) is 3. The topological polar surface area (TPSA) is 84.2 Å². The van der Waals surface area contributed by atoms with Gasteiger partial charge in [-0.3, -0.25) is 9.59 Å². The minimum Gasteiger partial charge on any atom is -0.330 e. The molecule has 0 atom stereocenters. The first kappa shape index (κ1) is 17.2. The average Bonchev–Trinajstić information content (AvgIpc) is 2.38. The molecule has 5 nitrogen and oxygen atoms in total. The molecular weight excluding hydrogens is 266 g/mol. The summed E-state index contributed by atoms with van der Waals surface area (Å²) in [5.74, 6) is -0.183. The molecule has 0 saturated heterocycles. The van der Waals surface area contributed by atoms with E-state index in [9.17, 15) is 9.59 Å². The van der Waals surface area contributed by atoms with Crippen molar-refractivity contribution in [3.8, 4) is 0 Å². The monoisotopic (exact) mass is 291 g/mol. The number of anilines is 2. The van der Waals surface area contributed by atoms with Crippen LogP contribution in [0.1, 0.15) is 39.7 Å². The Hall–Kier alpha value is -1.88. The van der Waals surface area contributed by atoms with Gasteiger partial charge in [0.25, 0.3) is 0 Å². The van der Waals surface area contributed by atoms with E-state index < -0.39 is 5.41 Å². The largest absolute Gasteiger partial charge is 0.330 e. The predicted octanol–water partition coefficient (Wildman–Crippen LogP) is 2.52. The second-order valence-corrected chi connectivity index (χ2v) is 6.02. The van der Waals surface area contributed by atoms with Crippen molar-refractivity contribution in [1.29, 1.82) is 0 Å². The summed E-state index contributed by atoms with van der Waals surface area (Å²) in [6.07, 6.45) is 1.08. The average molecular weight is 291 g/mol. The smallest absolute Gasteiger partial charge is 0.229 e. The lowest BCUT2D eigenvalue weighted by Gasteiger charge is -2.19.